The van der Waals surface area contributed by atoms with Gasteiger partial charge in [-0.05, 0) is 18.2 Å². The summed E-state index contributed by atoms with van der Waals surface area (Å²) >= 11 is 0. The largest absolute Gasteiger partial charge is 0.573 e. The van der Waals surface area contributed by atoms with Gasteiger partial charge in [0.25, 0.3) is 0 Å². The molecule has 0 N–H and O–H groups in total. The molecule has 6 heteroatoms. The third-order valence-corrected chi connectivity index (χ3v) is 1.56. The molecule has 0 amide bonds. The first-order chi connectivity index (χ1) is 7.92. The lowest BCUT2D eigenvalue weighted by molar-refractivity contribution is -0.275. The van der Waals surface area contributed by atoms with Gasteiger partial charge < -0.3 is 4.74 Å². The van der Waals surface area contributed by atoms with Crippen molar-refractivity contribution in [1.82, 2.24) is 0 Å². The van der Waals surface area contributed by atoms with Gasteiger partial charge in [-0.1, -0.05) is 11.8 Å². The topological polar surface area (TPSA) is 33.0 Å². The van der Waals surface area contributed by atoms with Gasteiger partial charge in [0.2, 0.25) is 0 Å². The molecule has 0 spiro atoms. The van der Waals surface area contributed by atoms with Gasteiger partial charge in [-0.25, -0.2) is 4.39 Å². The minimum atomic E-state index is -4.94. The Morgan fingerprint density at radius 1 is 1.29 bits per heavy atom. The maximum Gasteiger partial charge on any atom is 0.573 e. The summed E-state index contributed by atoms with van der Waals surface area (Å²) in [6.45, 7) is 0. The predicted octanol–water partition coefficient (Wildman–Crippen LogP) is 2.99. The summed E-state index contributed by atoms with van der Waals surface area (Å²) in [7, 11) is 0. The van der Waals surface area contributed by atoms with Crippen molar-refractivity contribution in [3.8, 4) is 23.7 Å². The number of ether oxygens (including phenoxy) is 1. The number of rotatable bonds is 1. The highest BCUT2D eigenvalue weighted by Crippen LogP contribution is 2.25. The summed E-state index contributed by atoms with van der Waals surface area (Å²) in [5, 5.41) is 8.20. The molecule has 0 saturated heterocycles. The smallest absolute Gasteiger partial charge is 0.403 e. The molecule has 0 bridgehead atoms. The van der Waals surface area contributed by atoms with E-state index in [1.807, 2.05) is 0 Å². The van der Waals surface area contributed by atoms with E-state index in [2.05, 4.69) is 16.6 Å². The van der Waals surface area contributed by atoms with Crippen LogP contribution in [-0.2, 0) is 0 Å². The van der Waals surface area contributed by atoms with Crippen molar-refractivity contribution >= 4 is 0 Å². The first-order valence-electron chi connectivity index (χ1n) is 4.33. The second-order valence-corrected chi connectivity index (χ2v) is 2.83. The van der Waals surface area contributed by atoms with E-state index in [1.165, 1.54) is 6.07 Å². The van der Waals surface area contributed by atoms with Crippen molar-refractivity contribution < 1.29 is 22.3 Å². The zero-order chi connectivity index (χ0) is 12.9. The van der Waals surface area contributed by atoms with E-state index in [0.717, 1.165) is 12.1 Å². The normalized spacial score (nSPS) is 10.1. The number of hydrogen-bond acceptors (Lipinski definition) is 2. The zero-order valence-corrected chi connectivity index (χ0v) is 8.31. The van der Waals surface area contributed by atoms with Crippen LogP contribution in [0.5, 0.6) is 5.75 Å². The maximum atomic E-state index is 13.1. The molecule has 0 aliphatic rings. The Balaban J connectivity index is 2.89. The van der Waals surface area contributed by atoms with Crippen LogP contribution in [0.1, 0.15) is 12.0 Å². The SMILES string of the molecule is N#CCC#Cc1ccc(OC(F)(F)F)c(F)c1. The van der Waals surface area contributed by atoms with Gasteiger partial charge in [0.05, 0.1) is 12.5 Å². The van der Waals surface area contributed by atoms with E-state index in [0.29, 0.717) is 0 Å². The Bertz CT molecular complexity index is 505. The first kappa shape index (κ1) is 12.9. The highest BCUT2D eigenvalue weighted by Gasteiger charge is 2.32. The van der Waals surface area contributed by atoms with E-state index in [1.54, 1.807) is 6.07 Å². The summed E-state index contributed by atoms with van der Waals surface area (Å²) in [6.07, 6.45) is -4.97. The van der Waals surface area contributed by atoms with Crippen molar-refractivity contribution in [2.24, 2.45) is 0 Å². The average molecular weight is 243 g/mol. The maximum absolute atomic E-state index is 13.1. The van der Waals surface area contributed by atoms with Crippen LogP contribution >= 0.6 is 0 Å². The second kappa shape index (κ2) is 5.22. The molecule has 0 saturated carbocycles. The Morgan fingerprint density at radius 2 is 2.00 bits per heavy atom. The van der Waals surface area contributed by atoms with Gasteiger partial charge in [0.1, 0.15) is 0 Å². The van der Waals surface area contributed by atoms with Gasteiger partial charge in [0, 0.05) is 5.56 Å². The Labute approximate surface area is 94.4 Å². The number of benzene rings is 1. The van der Waals surface area contributed by atoms with Crippen molar-refractivity contribution in [2.75, 3.05) is 0 Å². The van der Waals surface area contributed by atoms with Gasteiger partial charge in [-0.3, -0.25) is 0 Å². The zero-order valence-electron chi connectivity index (χ0n) is 8.31. The minimum Gasteiger partial charge on any atom is -0.403 e. The summed E-state index contributed by atoms with van der Waals surface area (Å²) in [5.41, 5.74) is 0.173. The fourth-order valence-corrected chi connectivity index (χ4v) is 0.972. The average Bonchev–Trinajstić information content (AvgIpc) is 2.21. The highest BCUT2D eigenvalue weighted by molar-refractivity contribution is 5.39. The molecule has 0 fully saturated rings. The van der Waals surface area contributed by atoms with Crippen LogP contribution in [0.2, 0.25) is 0 Å². The van der Waals surface area contributed by atoms with Crippen molar-refractivity contribution in [2.45, 2.75) is 12.8 Å². The standard InChI is InChI=1S/C11H5F4NO/c12-9-7-8(3-1-2-6-16)4-5-10(9)17-11(13,14)15/h4-5,7H,2H2. The summed E-state index contributed by atoms with van der Waals surface area (Å²) in [4.78, 5) is 0. The molecular formula is C11H5F4NO. The molecule has 0 heterocycles. The molecule has 88 valence electrons. The van der Waals surface area contributed by atoms with Gasteiger partial charge in [-0.15, -0.1) is 13.2 Å². The third kappa shape index (κ3) is 4.43. The third-order valence-electron chi connectivity index (χ3n) is 1.56. The lowest BCUT2D eigenvalue weighted by atomic mass is 10.2. The summed E-state index contributed by atoms with van der Waals surface area (Å²) < 4.78 is 52.0. The van der Waals surface area contributed by atoms with Crippen LogP contribution in [0.15, 0.2) is 18.2 Å². The fourth-order valence-electron chi connectivity index (χ4n) is 0.972. The Kier molecular flexibility index (Phi) is 3.95. The van der Waals surface area contributed by atoms with Crippen molar-refractivity contribution in [3.05, 3.63) is 29.6 Å². The lowest BCUT2D eigenvalue weighted by Gasteiger charge is -2.09. The Hall–Kier alpha value is -2.21. The number of hydrogen-bond donors (Lipinski definition) is 0. The molecule has 0 aromatic heterocycles. The molecular weight excluding hydrogens is 238 g/mol. The van der Waals surface area contributed by atoms with E-state index in [-0.39, 0.29) is 12.0 Å². The highest BCUT2D eigenvalue weighted by atomic mass is 19.4. The van der Waals surface area contributed by atoms with Gasteiger partial charge >= 0.3 is 6.36 Å². The molecule has 2 nitrogen and oxygen atoms in total. The molecule has 1 aromatic carbocycles. The van der Waals surface area contributed by atoms with E-state index >= 15 is 0 Å². The van der Waals surface area contributed by atoms with Gasteiger partial charge in [0.15, 0.2) is 11.6 Å². The van der Waals surface area contributed by atoms with Crippen LogP contribution in [-0.4, -0.2) is 6.36 Å². The molecule has 0 aliphatic carbocycles. The van der Waals surface area contributed by atoms with Gasteiger partial charge in [-0.2, -0.15) is 5.26 Å². The van der Waals surface area contributed by atoms with Crippen molar-refractivity contribution in [3.63, 3.8) is 0 Å². The summed E-state index contributed by atoms with van der Waals surface area (Å²) in [6, 6.07) is 4.57. The van der Waals surface area contributed by atoms with E-state index in [4.69, 9.17) is 5.26 Å². The van der Waals surface area contributed by atoms with Crippen molar-refractivity contribution in [1.29, 1.82) is 5.26 Å². The quantitative estimate of drug-likeness (QED) is 0.561. The molecule has 1 aromatic rings. The second-order valence-electron chi connectivity index (χ2n) is 2.83. The lowest BCUT2D eigenvalue weighted by Crippen LogP contribution is -2.17. The molecule has 0 radical (unpaired) electrons. The van der Waals surface area contributed by atoms with Crippen LogP contribution in [0, 0.1) is 29.0 Å². The first-order valence-corrected chi connectivity index (χ1v) is 4.33. The Morgan fingerprint density at radius 3 is 2.53 bits per heavy atom. The number of nitriles is 1. The predicted molar refractivity (Wildman–Crippen MR) is 50.2 cm³/mol. The van der Waals surface area contributed by atoms with Crippen LogP contribution in [0.25, 0.3) is 0 Å². The molecule has 0 aliphatic heterocycles. The number of nitrogens with zero attached hydrogens (tertiary/aromatic N) is 1. The molecule has 17 heavy (non-hydrogen) atoms. The molecule has 0 atom stereocenters. The number of alkyl halides is 3. The fraction of sp³-hybridized carbons (Fsp3) is 0.182. The van der Waals surface area contributed by atoms with Crippen LogP contribution in [0.4, 0.5) is 17.6 Å². The minimum absolute atomic E-state index is 0.0393. The molecule has 1 rings (SSSR count). The van der Waals surface area contributed by atoms with E-state index in [9.17, 15) is 17.6 Å². The van der Waals surface area contributed by atoms with Crippen LogP contribution in [0.3, 0.4) is 0 Å². The number of halogens is 4. The molecule has 0 unspecified atom stereocenters. The summed E-state index contributed by atoms with van der Waals surface area (Å²) in [5.74, 6) is 2.76. The van der Waals surface area contributed by atoms with Crippen LogP contribution < -0.4 is 4.74 Å². The monoisotopic (exact) mass is 243 g/mol. The van der Waals surface area contributed by atoms with E-state index < -0.39 is 17.9 Å².